The SMILES string of the molecule is O=C(CSc1ccc2nnc(-c3cccnc3)n2n1)NCc1scnc1-c1ccccc1. The number of nitrogens with zero attached hydrogens (tertiary/aromatic N) is 6. The first-order valence-corrected chi connectivity index (χ1v) is 11.6. The molecule has 0 aliphatic carbocycles. The van der Waals surface area contributed by atoms with Crippen molar-refractivity contribution in [2.24, 2.45) is 0 Å². The van der Waals surface area contributed by atoms with Gasteiger partial charge in [0.25, 0.3) is 0 Å². The van der Waals surface area contributed by atoms with E-state index in [0.29, 0.717) is 23.0 Å². The van der Waals surface area contributed by atoms with E-state index in [4.69, 9.17) is 0 Å². The molecule has 0 saturated carbocycles. The van der Waals surface area contributed by atoms with Gasteiger partial charge in [-0.2, -0.15) is 9.61 Å². The van der Waals surface area contributed by atoms with Crippen molar-refractivity contribution in [3.63, 3.8) is 0 Å². The maximum absolute atomic E-state index is 12.4. The molecule has 5 aromatic rings. The van der Waals surface area contributed by atoms with Crippen LogP contribution in [-0.2, 0) is 11.3 Å². The van der Waals surface area contributed by atoms with Crippen molar-refractivity contribution in [1.82, 2.24) is 35.1 Å². The normalized spacial score (nSPS) is 11.0. The molecule has 0 spiro atoms. The summed E-state index contributed by atoms with van der Waals surface area (Å²) in [4.78, 5) is 22.0. The van der Waals surface area contributed by atoms with E-state index in [-0.39, 0.29) is 11.7 Å². The molecule has 4 aromatic heterocycles. The Hall–Kier alpha value is -3.63. The second-order valence-corrected chi connectivity index (χ2v) is 8.70. The number of hydrogen-bond donors (Lipinski definition) is 1. The molecular formula is C22H17N7OS2. The van der Waals surface area contributed by atoms with Crippen molar-refractivity contribution in [1.29, 1.82) is 0 Å². The van der Waals surface area contributed by atoms with Gasteiger partial charge in [-0.3, -0.25) is 9.78 Å². The molecule has 32 heavy (non-hydrogen) atoms. The summed E-state index contributed by atoms with van der Waals surface area (Å²) in [5.74, 6) is 0.793. The smallest absolute Gasteiger partial charge is 0.230 e. The van der Waals surface area contributed by atoms with Crippen LogP contribution >= 0.6 is 23.1 Å². The molecule has 0 radical (unpaired) electrons. The highest BCUT2D eigenvalue weighted by atomic mass is 32.2. The van der Waals surface area contributed by atoms with Gasteiger partial charge in [0.15, 0.2) is 11.5 Å². The van der Waals surface area contributed by atoms with E-state index >= 15 is 0 Å². The lowest BCUT2D eigenvalue weighted by Crippen LogP contribution is -2.24. The largest absolute Gasteiger partial charge is 0.350 e. The molecule has 0 aliphatic rings. The van der Waals surface area contributed by atoms with E-state index in [1.165, 1.54) is 23.1 Å². The summed E-state index contributed by atoms with van der Waals surface area (Å²) < 4.78 is 1.67. The lowest BCUT2D eigenvalue weighted by atomic mass is 10.1. The van der Waals surface area contributed by atoms with Gasteiger partial charge in [0.1, 0.15) is 5.03 Å². The molecule has 1 aromatic carbocycles. The lowest BCUT2D eigenvalue weighted by Gasteiger charge is -2.06. The van der Waals surface area contributed by atoms with Crippen molar-refractivity contribution >= 4 is 34.7 Å². The Kier molecular flexibility index (Phi) is 5.86. The van der Waals surface area contributed by atoms with Gasteiger partial charge in [-0.25, -0.2) is 4.98 Å². The molecule has 5 rings (SSSR count). The Bertz CT molecular complexity index is 1350. The van der Waals surface area contributed by atoms with E-state index < -0.39 is 0 Å². The van der Waals surface area contributed by atoms with Crippen molar-refractivity contribution in [2.75, 3.05) is 5.75 Å². The fourth-order valence-electron chi connectivity index (χ4n) is 3.12. The van der Waals surface area contributed by atoms with Gasteiger partial charge in [0, 0.05) is 23.5 Å². The highest BCUT2D eigenvalue weighted by Crippen LogP contribution is 2.25. The van der Waals surface area contributed by atoms with Crippen LogP contribution < -0.4 is 5.32 Å². The lowest BCUT2D eigenvalue weighted by molar-refractivity contribution is -0.118. The third-order valence-corrected chi connectivity index (χ3v) is 6.40. The van der Waals surface area contributed by atoms with E-state index in [1.54, 1.807) is 22.4 Å². The fourth-order valence-corrected chi connectivity index (χ4v) is 4.53. The third-order valence-electron chi connectivity index (χ3n) is 4.64. The molecule has 0 saturated heterocycles. The Balaban J connectivity index is 1.23. The summed E-state index contributed by atoms with van der Waals surface area (Å²) in [5, 5.41) is 16.6. The van der Waals surface area contributed by atoms with Gasteiger partial charge < -0.3 is 5.32 Å². The van der Waals surface area contributed by atoms with Crippen LogP contribution in [0.3, 0.4) is 0 Å². The first kappa shape index (κ1) is 20.3. The number of rotatable bonds is 7. The molecule has 0 unspecified atom stereocenters. The van der Waals surface area contributed by atoms with Crippen molar-refractivity contribution in [2.45, 2.75) is 11.6 Å². The molecular weight excluding hydrogens is 442 g/mol. The van der Waals surface area contributed by atoms with E-state index in [2.05, 4.69) is 30.6 Å². The Morgan fingerprint density at radius 3 is 2.75 bits per heavy atom. The van der Waals surface area contributed by atoms with Gasteiger partial charge >= 0.3 is 0 Å². The van der Waals surface area contributed by atoms with Crippen LogP contribution in [0.1, 0.15) is 4.88 Å². The monoisotopic (exact) mass is 459 g/mol. The van der Waals surface area contributed by atoms with Crippen LogP contribution in [0.2, 0.25) is 0 Å². The van der Waals surface area contributed by atoms with E-state index in [0.717, 1.165) is 21.7 Å². The summed E-state index contributed by atoms with van der Waals surface area (Å²) >= 11 is 2.90. The van der Waals surface area contributed by atoms with Gasteiger partial charge in [-0.05, 0) is 24.3 Å². The molecule has 1 amide bonds. The minimum absolute atomic E-state index is 0.0689. The maximum Gasteiger partial charge on any atom is 0.230 e. The van der Waals surface area contributed by atoms with Gasteiger partial charge in [-0.15, -0.1) is 21.5 Å². The van der Waals surface area contributed by atoms with E-state index in [9.17, 15) is 4.79 Å². The standard InChI is InChI=1S/C22H17N7OS2/c30-19(24-12-17-21(25-14-32-17)15-5-2-1-3-6-15)13-31-20-9-8-18-26-27-22(29(18)28-20)16-7-4-10-23-11-16/h1-11,14H,12-13H2,(H,24,30). The maximum atomic E-state index is 12.4. The zero-order valence-electron chi connectivity index (χ0n) is 16.8. The number of carbonyl (C=O) groups is 1. The molecule has 1 N–H and O–H groups in total. The first-order chi connectivity index (χ1) is 15.8. The van der Waals surface area contributed by atoms with Crippen LogP contribution in [0.4, 0.5) is 0 Å². The predicted octanol–water partition coefficient (Wildman–Crippen LogP) is 3.72. The number of benzene rings is 1. The molecule has 0 bridgehead atoms. The van der Waals surface area contributed by atoms with Crippen molar-refractivity contribution in [3.05, 3.63) is 77.4 Å². The zero-order chi connectivity index (χ0) is 21.8. The summed E-state index contributed by atoms with van der Waals surface area (Å²) in [6.45, 7) is 0.442. The Morgan fingerprint density at radius 1 is 1.03 bits per heavy atom. The summed E-state index contributed by atoms with van der Waals surface area (Å²) in [7, 11) is 0. The van der Waals surface area contributed by atoms with Gasteiger partial charge in [0.2, 0.25) is 5.91 Å². The predicted molar refractivity (Wildman–Crippen MR) is 124 cm³/mol. The highest BCUT2D eigenvalue weighted by molar-refractivity contribution is 7.99. The number of nitrogens with one attached hydrogen (secondary N) is 1. The number of pyridine rings is 1. The van der Waals surface area contributed by atoms with Crippen molar-refractivity contribution < 1.29 is 4.79 Å². The van der Waals surface area contributed by atoms with Crippen LogP contribution in [0.15, 0.2) is 77.5 Å². The Labute approximate surface area is 191 Å². The number of thioether (sulfide) groups is 1. The number of thiazole rings is 1. The van der Waals surface area contributed by atoms with Gasteiger partial charge in [0.05, 0.1) is 28.4 Å². The van der Waals surface area contributed by atoms with Gasteiger partial charge in [-0.1, -0.05) is 42.1 Å². The second-order valence-electron chi connectivity index (χ2n) is 6.76. The summed E-state index contributed by atoms with van der Waals surface area (Å²) in [5.41, 5.74) is 5.22. The quantitative estimate of drug-likeness (QED) is 0.370. The molecule has 158 valence electrons. The highest BCUT2D eigenvalue weighted by Gasteiger charge is 2.13. The fraction of sp³-hybridized carbons (Fsp3) is 0.0909. The molecule has 0 aliphatic heterocycles. The Morgan fingerprint density at radius 2 is 1.91 bits per heavy atom. The average molecular weight is 460 g/mol. The zero-order valence-corrected chi connectivity index (χ0v) is 18.4. The number of amides is 1. The van der Waals surface area contributed by atoms with Crippen LogP contribution in [0.5, 0.6) is 0 Å². The molecule has 8 nitrogen and oxygen atoms in total. The number of carbonyl (C=O) groups excluding carboxylic acids is 1. The summed E-state index contributed by atoms with van der Waals surface area (Å²) in [6.07, 6.45) is 3.42. The summed E-state index contributed by atoms with van der Waals surface area (Å²) in [6, 6.07) is 17.4. The van der Waals surface area contributed by atoms with E-state index in [1.807, 2.05) is 54.6 Å². The molecule has 0 fully saturated rings. The second kappa shape index (κ2) is 9.25. The molecule has 4 heterocycles. The topological polar surface area (TPSA) is 98.0 Å². The first-order valence-electron chi connectivity index (χ1n) is 9.78. The van der Waals surface area contributed by atoms with Crippen LogP contribution in [0, 0.1) is 0 Å². The average Bonchev–Trinajstić information content (AvgIpc) is 3.49. The number of hydrogen-bond acceptors (Lipinski definition) is 8. The van der Waals surface area contributed by atoms with Crippen LogP contribution in [-0.4, -0.2) is 41.4 Å². The molecule has 0 atom stereocenters. The minimum atomic E-state index is -0.0689. The van der Waals surface area contributed by atoms with Crippen LogP contribution in [0.25, 0.3) is 28.3 Å². The molecule has 10 heteroatoms. The number of fused-ring (bicyclic) bond motifs is 1. The minimum Gasteiger partial charge on any atom is -0.350 e. The van der Waals surface area contributed by atoms with Crippen molar-refractivity contribution in [3.8, 4) is 22.6 Å². The third kappa shape index (κ3) is 4.36. The number of aromatic nitrogens is 6.